The van der Waals surface area contributed by atoms with Gasteiger partial charge in [-0.1, -0.05) is 15.9 Å². The lowest BCUT2D eigenvalue weighted by molar-refractivity contribution is 0.177. The Labute approximate surface area is 135 Å². The Balaban J connectivity index is 2.34. The fraction of sp³-hybridized carbons (Fsp3) is 0.625. The van der Waals surface area contributed by atoms with Crippen LogP contribution in [-0.2, 0) is 4.74 Å². The molecule has 1 aliphatic rings. The molecule has 0 radical (unpaired) electrons. The van der Waals surface area contributed by atoms with E-state index in [0.29, 0.717) is 19.1 Å². The van der Waals surface area contributed by atoms with E-state index in [0.717, 1.165) is 35.6 Å². The van der Waals surface area contributed by atoms with Crippen molar-refractivity contribution in [3.05, 3.63) is 22.2 Å². The Hall–Kier alpha value is -0.780. The number of rotatable bonds is 7. The van der Waals surface area contributed by atoms with Crippen molar-refractivity contribution in [2.75, 3.05) is 33.5 Å². The SMILES string of the molecule is CCOc1cc(Br)c(C(NC)C2CCOC2)cc1OCC. The first-order valence-electron chi connectivity index (χ1n) is 7.55. The minimum Gasteiger partial charge on any atom is -0.490 e. The fourth-order valence-corrected chi connectivity index (χ4v) is 3.36. The van der Waals surface area contributed by atoms with Gasteiger partial charge in [0, 0.05) is 23.0 Å². The lowest BCUT2D eigenvalue weighted by Gasteiger charge is -2.25. The second-order valence-corrected chi connectivity index (χ2v) is 5.93. The van der Waals surface area contributed by atoms with Crippen molar-refractivity contribution in [1.82, 2.24) is 5.32 Å². The third kappa shape index (κ3) is 3.90. The summed E-state index contributed by atoms with van der Waals surface area (Å²) >= 11 is 3.67. The van der Waals surface area contributed by atoms with Crippen LogP contribution in [0.4, 0.5) is 0 Å². The fourth-order valence-electron chi connectivity index (χ4n) is 2.79. The summed E-state index contributed by atoms with van der Waals surface area (Å²) in [6.07, 6.45) is 1.08. The molecule has 1 aromatic carbocycles. The predicted octanol–water partition coefficient (Wildman–Crippen LogP) is 3.54. The maximum absolute atomic E-state index is 5.74. The quantitative estimate of drug-likeness (QED) is 0.809. The van der Waals surface area contributed by atoms with Crippen LogP contribution in [0.15, 0.2) is 16.6 Å². The van der Waals surface area contributed by atoms with E-state index in [2.05, 4.69) is 27.3 Å². The van der Waals surface area contributed by atoms with Crippen LogP contribution in [0.1, 0.15) is 31.9 Å². The van der Waals surface area contributed by atoms with E-state index in [1.807, 2.05) is 27.0 Å². The normalized spacial score (nSPS) is 19.5. The second-order valence-electron chi connectivity index (χ2n) is 5.08. The van der Waals surface area contributed by atoms with Gasteiger partial charge in [0.25, 0.3) is 0 Å². The molecule has 1 heterocycles. The van der Waals surface area contributed by atoms with Gasteiger partial charge in [0.15, 0.2) is 11.5 Å². The highest BCUT2D eigenvalue weighted by molar-refractivity contribution is 9.10. The first-order valence-corrected chi connectivity index (χ1v) is 8.34. The van der Waals surface area contributed by atoms with Crippen LogP contribution < -0.4 is 14.8 Å². The molecule has 2 rings (SSSR count). The van der Waals surface area contributed by atoms with Gasteiger partial charge in [0.2, 0.25) is 0 Å². The minimum atomic E-state index is 0.247. The van der Waals surface area contributed by atoms with Gasteiger partial charge < -0.3 is 19.5 Å². The maximum Gasteiger partial charge on any atom is 0.162 e. The van der Waals surface area contributed by atoms with E-state index >= 15 is 0 Å². The lowest BCUT2D eigenvalue weighted by atomic mass is 9.92. The van der Waals surface area contributed by atoms with Gasteiger partial charge in [-0.2, -0.15) is 0 Å². The minimum absolute atomic E-state index is 0.247. The van der Waals surface area contributed by atoms with Gasteiger partial charge in [0.1, 0.15) is 0 Å². The molecule has 1 N–H and O–H groups in total. The second kappa shape index (κ2) is 8.01. The van der Waals surface area contributed by atoms with Crippen LogP contribution in [0.3, 0.4) is 0 Å². The van der Waals surface area contributed by atoms with Crippen LogP contribution in [0, 0.1) is 5.92 Å². The van der Waals surface area contributed by atoms with Gasteiger partial charge in [0.05, 0.1) is 19.8 Å². The zero-order valence-electron chi connectivity index (χ0n) is 12.9. The van der Waals surface area contributed by atoms with Crippen molar-refractivity contribution in [2.24, 2.45) is 5.92 Å². The topological polar surface area (TPSA) is 39.7 Å². The number of halogens is 1. The summed E-state index contributed by atoms with van der Waals surface area (Å²) in [4.78, 5) is 0. The molecule has 2 atom stereocenters. The summed E-state index contributed by atoms with van der Waals surface area (Å²) in [6.45, 7) is 6.85. The van der Waals surface area contributed by atoms with E-state index in [-0.39, 0.29) is 6.04 Å². The molecule has 0 aliphatic carbocycles. The van der Waals surface area contributed by atoms with Crippen molar-refractivity contribution in [3.8, 4) is 11.5 Å². The molecule has 0 bridgehead atoms. The average molecular weight is 358 g/mol. The van der Waals surface area contributed by atoms with E-state index in [4.69, 9.17) is 14.2 Å². The van der Waals surface area contributed by atoms with Crippen molar-refractivity contribution in [1.29, 1.82) is 0 Å². The third-order valence-corrected chi connectivity index (χ3v) is 4.43. The van der Waals surface area contributed by atoms with Crippen molar-refractivity contribution >= 4 is 15.9 Å². The van der Waals surface area contributed by atoms with E-state index in [1.165, 1.54) is 5.56 Å². The highest BCUT2D eigenvalue weighted by atomic mass is 79.9. The summed E-state index contributed by atoms with van der Waals surface area (Å²) in [6, 6.07) is 4.33. The van der Waals surface area contributed by atoms with Crippen molar-refractivity contribution in [3.63, 3.8) is 0 Å². The number of ether oxygens (including phenoxy) is 3. The highest BCUT2D eigenvalue weighted by Gasteiger charge is 2.28. The van der Waals surface area contributed by atoms with Gasteiger partial charge >= 0.3 is 0 Å². The molecule has 0 aromatic heterocycles. The number of hydrogen-bond acceptors (Lipinski definition) is 4. The number of hydrogen-bond donors (Lipinski definition) is 1. The molecule has 5 heteroatoms. The summed E-state index contributed by atoms with van der Waals surface area (Å²) in [5.74, 6) is 2.07. The van der Waals surface area contributed by atoms with Crippen LogP contribution in [-0.4, -0.2) is 33.5 Å². The Morgan fingerprint density at radius 2 is 1.95 bits per heavy atom. The van der Waals surface area contributed by atoms with Crippen LogP contribution in [0.2, 0.25) is 0 Å². The summed E-state index contributed by atoms with van der Waals surface area (Å²) in [5.41, 5.74) is 1.19. The molecule has 1 fully saturated rings. The molecule has 0 spiro atoms. The summed E-state index contributed by atoms with van der Waals surface area (Å²) < 4.78 is 18.0. The standard InChI is InChI=1S/C16H24BrNO3/c1-4-20-14-8-12(13(17)9-15(14)21-5-2)16(18-3)11-6-7-19-10-11/h8-9,11,16,18H,4-7,10H2,1-3H3. The molecule has 1 aromatic rings. The molecule has 0 amide bonds. The van der Waals surface area contributed by atoms with Gasteiger partial charge in [-0.05, 0) is 45.0 Å². The van der Waals surface area contributed by atoms with Crippen molar-refractivity contribution in [2.45, 2.75) is 26.3 Å². The van der Waals surface area contributed by atoms with Crippen LogP contribution in [0.5, 0.6) is 11.5 Å². The number of benzene rings is 1. The smallest absolute Gasteiger partial charge is 0.162 e. The lowest BCUT2D eigenvalue weighted by Crippen LogP contribution is -2.26. The third-order valence-electron chi connectivity index (χ3n) is 3.75. The molecule has 4 nitrogen and oxygen atoms in total. The average Bonchev–Trinajstić information content (AvgIpc) is 2.98. The molecular formula is C16H24BrNO3. The molecule has 1 saturated heterocycles. The Morgan fingerprint density at radius 1 is 1.29 bits per heavy atom. The molecular weight excluding hydrogens is 334 g/mol. The first-order chi connectivity index (χ1) is 10.2. The van der Waals surface area contributed by atoms with Gasteiger partial charge in [-0.25, -0.2) is 0 Å². The molecule has 21 heavy (non-hydrogen) atoms. The summed E-state index contributed by atoms with van der Waals surface area (Å²) in [5, 5.41) is 3.42. The Kier molecular flexibility index (Phi) is 6.33. The largest absolute Gasteiger partial charge is 0.490 e. The Morgan fingerprint density at radius 3 is 2.48 bits per heavy atom. The van der Waals surface area contributed by atoms with Crippen molar-refractivity contribution < 1.29 is 14.2 Å². The van der Waals surface area contributed by atoms with E-state index < -0.39 is 0 Å². The zero-order chi connectivity index (χ0) is 15.2. The Bertz CT molecular complexity index is 461. The molecule has 1 aliphatic heterocycles. The monoisotopic (exact) mass is 357 g/mol. The van der Waals surface area contributed by atoms with Gasteiger partial charge in [-0.15, -0.1) is 0 Å². The molecule has 0 saturated carbocycles. The zero-order valence-corrected chi connectivity index (χ0v) is 14.5. The van der Waals surface area contributed by atoms with Crippen LogP contribution in [0.25, 0.3) is 0 Å². The van der Waals surface area contributed by atoms with Gasteiger partial charge in [-0.3, -0.25) is 0 Å². The molecule has 2 unspecified atom stereocenters. The number of nitrogens with one attached hydrogen (secondary N) is 1. The summed E-state index contributed by atoms with van der Waals surface area (Å²) in [7, 11) is 1.99. The van der Waals surface area contributed by atoms with E-state index in [9.17, 15) is 0 Å². The predicted molar refractivity (Wildman–Crippen MR) is 87.2 cm³/mol. The maximum atomic E-state index is 5.74. The first kappa shape index (κ1) is 16.6. The highest BCUT2D eigenvalue weighted by Crippen LogP contribution is 2.39. The van der Waals surface area contributed by atoms with E-state index in [1.54, 1.807) is 0 Å². The van der Waals surface area contributed by atoms with Crippen LogP contribution >= 0.6 is 15.9 Å². The molecule has 118 valence electrons.